The highest BCUT2D eigenvalue weighted by molar-refractivity contribution is 5.83. The quantitative estimate of drug-likeness (QED) is 0.840. The van der Waals surface area contributed by atoms with Crippen LogP contribution in [0.25, 0.3) is 0 Å². The Morgan fingerprint density at radius 3 is 2.26 bits per heavy atom. The predicted octanol–water partition coefficient (Wildman–Crippen LogP) is 2.02. The normalized spacial score (nSPS) is 32.6. The minimum atomic E-state index is 0.361. The van der Waals surface area contributed by atoms with E-state index in [1.807, 2.05) is 0 Å². The standard InChI is InChI=1S/C16H26N2O/c1-18(14(11-2-3-11)12-4-5-12)15(19)13-10-16(13)6-8-17-9-7-16/h11-14,17H,2-10H2,1H3. The molecule has 1 spiro atoms. The van der Waals surface area contributed by atoms with Crippen molar-refractivity contribution < 1.29 is 4.79 Å². The summed E-state index contributed by atoms with van der Waals surface area (Å²) in [5, 5.41) is 3.42. The van der Waals surface area contributed by atoms with Crippen molar-refractivity contribution in [3.63, 3.8) is 0 Å². The highest BCUT2D eigenvalue weighted by Gasteiger charge is 2.59. The third-order valence-corrected chi connectivity index (χ3v) is 6.09. The van der Waals surface area contributed by atoms with Crippen LogP contribution in [0.3, 0.4) is 0 Å². The molecule has 4 rings (SSSR count). The lowest BCUT2D eigenvalue weighted by Gasteiger charge is -2.30. The molecule has 3 saturated carbocycles. The minimum absolute atomic E-state index is 0.361. The van der Waals surface area contributed by atoms with Crippen LogP contribution in [0.5, 0.6) is 0 Å². The van der Waals surface area contributed by atoms with Crippen LogP contribution in [0, 0.1) is 23.2 Å². The summed E-state index contributed by atoms with van der Waals surface area (Å²) in [6, 6.07) is 0.590. The van der Waals surface area contributed by atoms with Gasteiger partial charge in [-0.15, -0.1) is 0 Å². The molecule has 4 fully saturated rings. The number of nitrogens with one attached hydrogen (secondary N) is 1. The Hall–Kier alpha value is -0.570. The van der Waals surface area contributed by atoms with Crippen LogP contribution >= 0.6 is 0 Å². The molecular formula is C16H26N2O. The maximum atomic E-state index is 12.8. The fraction of sp³-hybridized carbons (Fsp3) is 0.938. The van der Waals surface area contributed by atoms with Gasteiger partial charge >= 0.3 is 0 Å². The molecule has 1 unspecified atom stereocenters. The number of hydrogen-bond donors (Lipinski definition) is 1. The van der Waals surface area contributed by atoms with Gasteiger partial charge in [0.05, 0.1) is 0 Å². The summed E-state index contributed by atoms with van der Waals surface area (Å²) in [5.74, 6) is 2.51. The summed E-state index contributed by atoms with van der Waals surface area (Å²) >= 11 is 0. The van der Waals surface area contributed by atoms with Crippen LogP contribution in [0.4, 0.5) is 0 Å². The highest BCUT2D eigenvalue weighted by atomic mass is 16.2. The van der Waals surface area contributed by atoms with Gasteiger partial charge in [0.15, 0.2) is 0 Å². The Labute approximate surface area is 116 Å². The van der Waals surface area contributed by atoms with E-state index in [1.165, 1.54) is 44.9 Å². The molecule has 0 aromatic carbocycles. The average molecular weight is 262 g/mol. The zero-order valence-corrected chi connectivity index (χ0v) is 12.0. The van der Waals surface area contributed by atoms with Crippen LogP contribution < -0.4 is 5.32 Å². The summed E-state index contributed by atoms with van der Waals surface area (Å²) in [6.45, 7) is 2.23. The van der Waals surface area contributed by atoms with Gasteiger partial charge in [-0.2, -0.15) is 0 Å². The van der Waals surface area contributed by atoms with Gasteiger partial charge in [-0.1, -0.05) is 0 Å². The number of nitrogens with zero attached hydrogens (tertiary/aromatic N) is 1. The summed E-state index contributed by atoms with van der Waals surface area (Å²) in [5.41, 5.74) is 0.397. The molecule has 1 N–H and O–H groups in total. The first kappa shape index (κ1) is 12.2. The molecule has 0 aromatic heterocycles. The first-order valence-corrected chi connectivity index (χ1v) is 8.19. The lowest BCUT2D eigenvalue weighted by Crippen LogP contribution is -2.42. The number of piperidine rings is 1. The number of carbonyl (C=O) groups is 1. The van der Waals surface area contributed by atoms with Crippen LogP contribution in [-0.2, 0) is 4.79 Å². The Kier molecular flexibility index (Phi) is 2.70. The summed E-state index contributed by atoms with van der Waals surface area (Å²) in [4.78, 5) is 15.0. The Morgan fingerprint density at radius 1 is 1.16 bits per heavy atom. The van der Waals surface area contributed by atoms with E-state index < -0.39 is 0 Å². The van der Waals surface area contributed by atoms with Crippen molar-refractivity contribution in [2.45, 2.75) is 51.0 Å². The lowest BCUT2D eigenvalue weighted by molar-refractivity contribution is -0.135. The smallest absolute Gasteiger partial charge is 0.226 e. The predicted molar refractivity (Wildman–Crippen MR) is 74.6 cm³/mol. The van der Waals surface area contributed by atoms with Gasteiger partial charge in [0.1, 0.15) is 0 Å². The molecule has 3 heteroatoms. The molecule has 1 saturated heterocycles. The topological polar surface area (TPSA) is 32.3 Å². The van der Waals surface area contributed by atoms with Gasteiger partial charge in [-0.25, -0.2) is 0 Å². The van der Waals surface area contributed by atoms with E-state index in [-0.39, 0.29) is 0 Å². The second kappa shape index (κ2) is 4.21. The highest BCUT2D eigenvalue weighted by Crippen LogP contribution is 2.60. The molecule has 0 aromatic rings. The molecule has 3 nitrogen and oxygen atoms in total. The second-order valence-corrected chi connectivity index (χ2v) is 7.48. The van der Waals surface area contributed by atoms with Crippen LogP contribution in [0.1, 0.15) is 44.9 Å². The Balaban J connectivity index is 1.42. The van der Waals surface area contributed by atoms with Crippen LogP contribution in [-0.4, -0.2) is 37.0 Å². The molecule has 1 atom stereocenters. The van der Waals surface area contributed by atoms with Crippen molar-refractivity contribution >= 4 is 5.91 Å². The third kappa shape index (κ3) is 2.10. The van der Waals surface area contributed by atoms with E-state index in [1.54, 1.807) is 0 Å². The van der Waals surface area contributed by atoms with Crippen molar-refractivity contribution in [1.29, 1.82) is 0 Å². The summed E-state index contributed by atoms with van der Waals surface area (Å²) < 4.78 is 0. The maximum Gasteiger partial charge on any atom is 0.226 e. The van der Waals surface area contributed by atoms with E-state index in [0.717, 1.165) is 24.9 Å². The van der Waals surface area contributed by atoms with Crippen molar-refractivity contribution in [1.82, 2.24) is 10.2 Å². The Morgan fingerprint density at radius 2 is 1.74 bits per heavy atom. The zero-order valence-electron chi connectivity index (χ0n) is 12.0. The molecule has 106 valence electrons. The molecule has 0 bridgehead atoms. The van der Waals surface area contributed by atoms with Gasteiger partial charge in [0.2, 0.25) is 5.91 Å². The van der Waals surface area contributed by atoms with Crippen molar-refractivity contribution in [3.05, 3.63) is 0 Å². The first-order chi connectivity index (χ1) is 9.21. The zero-order chi connectivity index (χ0) is 13.0. The van der Waals surface area contributed by atoms with Gasteiger partial charge < -0.3 is 10.2 Å². The van der Waals surface area contributed by atoms with E-state index >= 15 is 0 Å². The number of amides is 1. The van der Waals surface area contributed by atoms with Crippen LogP contribution in [0.2, 0.25) is 0 Å². The molecule has 3 aliphatic carbocycles. The van der Waals surface area contributed by atoms with Crippen molar-refractivity contribution in [2.75, 3.05) is 20.1 Å². The largest absolute Gasteiger partial charge is 0.342 e. The minimum Gasteiger partial charge on any atom is -0.342 e. The van der Waals surface area contributed by atoms with Crippen LogP contribution in [0.15, 0.2) is 0 Å². The van der Waals surface area contributed by atoms with Gasteiger partial charge in [-0.3, -0.25) is 4.79 Å². The fourth-order valence-electron chi connectivity index (χ4n) is 4.46. The number of hydrogen-bond acceptors (Lipinski definition) is 2. The monoisotopic (exact) mass is 262 g/mol. The average Bonchev–Trinajstić information content (AvgIpc) is 3.25. The molecule has 0 radical (unpaired) electrons. The first-order valence-electron chi connectivity index (χ1n) is 8.19. The summed E-state index contributed by atoms with van der Waals surface area (Å²) in [7, 11) is 2.09. The van der Waals surface area contributed by atoms with Gasteiger partial charge in [0.25, 0.3) is 0 Å². The van der Waals surface area contributed by atoms with E-state index in [2.05, 4.69) is 17.3 Å². The molecule has 1 aliphatic heterocycles. The van der Waals surface area contributed by atoms with E-state index in [4.69, 9.17) is 0 Å². The van der Waals surface area contributed by atoms with E-state index in [0.29, 0.717) is 23.3 Å². The maximum absolute atomic E-state index is 12.8. The SMILES string of the molecule is CN(C(=O)C1CC12CCNCC2)C(C1CC1)C1CC1. The molecule has 1 amide bonds. The lowest BCUT2D eigenvalue weighted by atomic mass is 9.91. The van der Waals surface area contributed by atoms with Crippen molar-refractivity contribution in [2.24, 2.45) is 23.2 Å². The Bertz CT molecular complexity index is 368. The summed E-state index contributed by atoms with van der Waals surface area (Å²) in [6.07, 6.45) is 9.04. The third-order valence-electron chi connectivity index (χ3n) is 6.09. The molecular weight excluding hydrogens is 236 g/mol. The van der Waals surface area contributed by atoms with Gasteiger partial charge in [-0.05, 0) is 75.3 Å². The molecule has 4 aliphatic rings. The van der Waals surface area contributed by atoms with Crippen molar-refractivity contribution in [3.8, 4) is 0 Å². The number of rotatable bonds is 4. The molecule has 1 heterocycles. The second-order valence-electron chi connectivity index (χ2n) is 7.48. The van der Waals surface area contributed by atoms with Gasteiger partial charge in [0, 0.05) is 19.0 Å². The molecule has 19 heavy (non-hydrogen) atoms. The number of carbonyl (C=O) groups excluding carboxylic acids is 1. The fourth-order valence-corrected chi connectivity index (χ4v) is 4.46. The van der Waals surface area contributed by atoms with E-state index in [9.17, 15) is 4.79 Å².